The summed E-state index contributed by atoms with van der Waals surface area (Å²) >= 11 is 0. The summed E-state index contributed by atoms with van der Waals surface area (Å²) in [5, 5.41) is 3.46. The highest BCUT2D eigenvalue weighted by atomic mass is 16.5. The number of nitrogens with zero attached hydrogens (tertiary/aromatic N) is 1. The Morgan fingerprint density at radius 1 is 1.35 bits per heavy atom. The molecule has 106 valence electrons. The first-order valence-corrected chi connectivity index (χ1v) is 6.75. The van der Waals surface area contributed by atoms with Gasteiger partial charge >= 0.3 is 0 Å². The lowest BCUT2D eigenvalue weighted by Gasteiger charge is -2.21. The molecular weight excluding hydrogens is 250 g/mol. The zero-order chi connectivity index (χ0) is 14.5. The third kappa shape index (κ3) is 2.91. The van der Waals surface area contributed by atoms with Crippen LogP contribution in [0.2, 0.25) is 0 Å². The summed E-state index contributed by atoms with van der Waals surface area (Å²) in [7, 11) is 1.68. The number of hydrogen-bond donors (Lipinski definition) is 2. The Hall–Kier alpha value is -2.07. The standard InChI is InChI=1S/C16H21N3O/c1-4-18-15(13-6-5-9-19-16(13)17)12-7-8-14(20-3)11(2)10-12/h5-10,15,18H,4H2,1-3H3,(H2,17,19). The van der Waals surface area contributed by atoms with E-state index in [-0.39, 0.29) is 6.04 Å². The van der Waals surface area contributed by atoms with Gasteiger partial charge in [-0.25, -0.2) is 4.98 Å². The van der Waals surface area contributed by atoms with Gasteiger partial charge < -0.3 is 15.8 Å². The Morgan fingerprint density at radius 2 is 2.15 bits per heavy atom. The molecule has 0 spiro atoms. The molecule has 1 aromatic heterocycles. The molecule has 0 amide bonds. The van der Waals surface area contributed by atoms with Crippen molar-refractivity contribution >= 4 is 5.82 Å². The van der Waals surface area contributed by atoms with Crippen LogP contribution in [0.1, 0.15) is 29.7 Å². The van der Waals surface area contributed by atoms with Crippen LogP contribution in [-0.2, 0) is 0 Å². The molecular formula is C16H21N3O. The number of aryl methyl sites for hydroxylation is 1. The molecule has 1 heterocycles. The number of hydrogen-bond acceptors (Lipinski definition) is 4. The normalized spacial score (nSPS) is 12.2. The van der Waals surface area contributed by atoms with Crippen LogP contribution in [0.25, 0.3) is 0 Å². The number of benzene rings is 1. The number of nitrogen functional groups attached to an aromatic ring is 1. The monoisotopic (exact) mass is 271 g/mol. The van der Waals surface area contributed by atoms with E-state index < -0.39 is 0 Å². The van der Waals surface area contributed by atoms with Crippen molar-refractivity contribution in [3.8, 4) is 5.75 Å². The van der Waals surface area contributed by atoms with Crippen LogP contribution in [0.15, 0.2) is 36.5 Å². The van der Waals surface area contributed by atoms with Gasteiger partial charge in [-0.15, -0.1) is 0 Å². The molecule has 1 aromatic carbocycles. The minimum absolute atomic E-state index is 0.0401. The van der Waals surface area contributed by atoms with Crippen molar-refractivity contribution in [2.75, 3.05) is 19.4 Å². The first-order valence-electron chi connectivity index (χ1n) is 6.75. The van der Waals surface area contributed by atoms with Gasteiger partial charge in [-0.05, 0) is 36.7 Å². The number of nitrogens with two attached hydrogens (primary N) is 1. The average molecular weight is 271 g/mol. The largest absolute Gasteiger partial charge is 0.496 e. The van der Waals surface area contributed by atoms with E-state index in [0.717, 1.165) is 29.0 Å². The molecule has 1 atom stereocenters. The van der Waals surface area contributed by atoms with Crippen molar-refractivity contribution in [2.45, 2.75) is 19.9 Å². The SMILES string of the molecule is CCNC(c1ccc(OC)c(C)c1)c1cccnc1N. The van der Waals surface area contributed by atoms with Crippen molar-refractivity contribution in [3.05, 3.63) is 53.2 Å². The van der Waals surface area contributed by atoms with Crippen molar-refractivity contribution in [3.63, 3.8) is 0 Å². The van der Waals surface area contributed by atoms with Gasteiger partial charge in [0.15, 0.2) is 0 Å². The van der Waals surface area contributed by atoms with E-state index in [4.69, 9.17) is 10.5 Å². The maximum Gasteiger partial charge on any atom is 0.128 e. The highest BCUT2D eigenvalue weighted by Crippen LogP contribution is 2.28. The van der Waals surface area contributed by atoms with Crippen LogP contribution in [0.3, 0.4) is 0 Å². The second-order valence-electron chi connectivity index (χ2n) is 4.70. The van der Waals surface area contributed by atoms with Gasteiger partial charge in [-0.3, -0.25) is 0 Å². The molecule has 0 saturated carbocycles. The maximum absolute atomic E-state index is 6.01. The summed E-state index contributed by atoms with van der Waals surface area (Å²) in [5.41, 5.74) is 9.27. The first-order chi connectivity index (χ1) is 9.67. The molecule has 0 saturated heterocycles. The Kier molecular flexibility index (Phi) is 4.58. The Labute approximate surface area is 120 Å². The summed E-state index contributed by atoms with van der Waals surface area (Å²) in [4.78, 5) is 4.18. The molecule has 0 aliphatic carbocycles. The molecule has 0 fully saturated rings. The lowest BCUT2D eigenvalue weighted by molar-refractivity contribution is 0.411. The minimum Gasteiger partial charge on any atom is -0.496 e. The van der Waals surface area contributed by atoms with Crippen molar-refractivity contribution in [1.29, 1.82) is 0 Å². The number of pyridine rings is 1. The van der Waals surface area contributed by atoms with Crippen molar-refractivity contribution < 1.29 is 4.74 Å². The van der Waals surface area contributed by atoms with E-state index in [0.29, 0.717) is 5.82 Å². The fourth-order valence-corrected chi connectivity index (χ4v) is 2.37. The van der Waals surface area contributed by atoms with Crippen molar-refractivity contribution in [1.82, 2.24) is 10.3 Å². The average Bonchev–Trinajstić information content (AvgIpc) is 2.46. The number of ether oxygens (including phenoxy) is 1. The molecule has 2 aromatic rings. The fourth-order valence-electron chi connectivity index (χ4n) is 2.37. The summed E-state index contributed by atoms with van der Waals surface area (Å²) in [6.07, 6.45) is 1.71. The van der Waals surface area contributed by atoms with E-state index in [9.17, 15) is 0 Å². The van der Waals surface area contributed by atoms with E-state index in [1.807, 2.05) is 25.1 Å². The van der Waals surface area contributed by atoms with E-state index in [2.05, 4.69) is 29.4 Å². The van der Waals surface area contributed by atoms with Crippen LogP contribution in [0.4, 0.5) is 5.82 Å². The highest BCUT2D eigenvalue weighted by molar-refractivity contribution is 5.47. The van der Waals surface area contributed by atoms with E-state index in [1.54, 1.807) is 13.3 Å². The quantitative estimate of drug-likeness (QED) is 0.877. The summed E-state index contributed by atoms with van der Waals surface area (Å²) in [6.45, 7) is 4.97. The van der Waals surface area contributed by atoms with Crippen LogP contribution < -0.4 is 15.8 Å². The molecule has 4 heteroatoms. The molecule has 4 nitrogen and oxygen atoms in total. The highest BCUT2D eigenvalue weighted by Gasteiger charge is 2.17. The molecule has 3 N–H and O–H groups in total. The van der Waals surface area contributed by atoms with Gasteiger partial charge in [-0.2, -0.15) is 0 Å². The lowest BCUT2D eigenvalue weighted by atomic mass is 9.97. The molecule has 0 aliphatic rings. The molecule has 2 rings (SSSR count). The Bertz CT molecular complexity index is 584. The Morgan fingerprint density at radius 3 is 2.75 bits per heavy atom. The smallest absolute Gasteiger partial charge is 0.128 e. The summed E-state index contributed by atoms with van der Waals surface area (Å²) in [6, 6.07) is 10.1. The second-order valence-corrected chi connectivity index (χ2v) is 4.70. The van der Waals surface area contributed by atoms with E-state index >= 15 is 0 Å². The van der Waals surface area contributed by atoms with Gasteiger partial charge in [0.2, 0.25) is 0 Å². The second kappa shape index (κ2) is 6.39. The van der Waals surface area contributed by atoms with Gasteiger partial charge in [0.05, 0.1) is 13.2 Å². The van der Waals surface area contributed by atoms with Gasteiger partial charge in [0, 0.05) is 11.8 Å². The van der Waals surface area contributed by atoms with Crippen LogP contribution in [0.5, 0.6) is 5.75 Å². The van der Waals surface area contributed by atoms with Gasteiger partial charge in [0.25, 0.3) is 0 Å². The molecule has 0 radical (unpaired) electrons. The lowest BCUT2D eigenvalue weighted by Crippen LogP contribution is -2.23. The summed E-state index contributed by atoms with van der Waals surface area (Å²) in [5.74, 6) is 1.45. The van der Waals surface area contributed by atoms with Crippen LogP contribution in [0, 0.1) is 6.92 Å². The number of aromatic nitrogens is 1. The third-order valence-corrected chi connectivity index (χ3v) is 3.34. The van der Waals surface area contributed by atoms with Crippen LogP contribution >= 0.6 is 0 Å². The van der Waals surface area contributed by atoms with E-state index in [1.165, 1.54) is 0 Å². The van der Waals surface area contributed by atoms with Gasteiger partial charge in [0.1, 0.15) is 11.6 Å². The number of anilines is 1. The number of methoxy groups -OCH3 is 1. The van der Waals surface area contributed by atoms with Gasteiger partial charge in [-0.1, -0.05) is 25.1 Å². The Balaban J connectivity index is 2.43. The van der Waals surface area contributed by atoms with Crippen LogP contribution in [-0.4, -0.2) is 18.6 Å². The predicted molar refractivity (Wildman–Crippen MR) is 81.9 cm³/mol. The van der Waals surface area contributed by atoms with Crippen molar-refractivity contribution in [2.24, 2.45) is 0 Å². The molecule has 0 bridgehead atoms. The predicted octanol–water partition coefficient (Wildman–Crippen LogP) is 2.68. The maximum atomic E-state index is 6.01. The molecule has 1 unspecified atom stereocenters. The first kappa shape index (κ1) is 14.3. The fraction of sp³-hybridized carbons (Fsp3) is 0.312. The molecule has 20 heavy (non-hydrogen) atoms. The number of rotatable bonds is 5. The zero-order valence-corrected chi connectivity index (χ0v) is 12.2. The zero-order valence-electron chi connectivity index (χ0n) is 12.2. The summed E-state index contributed by atoms with van der Waals surface area (Å²) < 4.78 is 5.31. The third-order valence-electron chi connectivity index (χ3n) is 3.34. The number of nitrogens with one attached hydrogen (secondary N) is 1. The minimum atomic E-state index is 0.0401. The topological polar surface area (TPSA) is 60.2 Å². The molecule has 0 aliphatic heterocycles.